The summed E-state index contributed by atoms with van der Waals surface area (Å²) in [4.78, 5) is 12.6. The summed E-state index contributed by atoms with van der Waals surface area (Å²) in [5.74, 6) is 0.380. The molecule has 1 saturated carbocycles. The van der Waals surface area contributed by atoms with Crippen molar-refractivity contribution in [3.05, 3.63) is 76.9 Å². The summed E-state index contributed by atoms with van der Waals surface area (Å²) in [6, 6.07) is 16.9. The minimum atomic E-state index is 0.142. The van der Waals surface area contributed by atoms with E-state index >= 15 is 0 Å². The average Bonchev–Trinajstić information content (AvgIpc) is 2.54. The van der Waals surface area contributed by atoms with Crippen LogP contribution in [0.25, 0.3) is 12.2 Å². The van der Waals surface area contributed by atoms with E-state index in [1.54, 1.807) is 12.1 Å². The van der Waals surface area contributed by atoms with Crippen LogP contribution in [-0.2, 0) is 4.79 Å². The standard InChI is InChI=1S/C20H18O2/c21-19-11-9-16(10-12-19)14-18-8-4-7-17(20(18)22)13-15-5-2-1-3-6-15/h1-3,5-6,9-14,21H,4,7-8H2/b17-13-,18-14-. The molecule has 0 spiro atoms. The fourth-order valence-corrected chi connectivity index (χ4v) is 2.70. The Kier molecular flexibility index (Phi) is 4.19. The maximum Gasteiger partial charge on any atom is 0.185 e. The summed E-state index contributed by atoms with van der Waals surface area (Å²) >= 11 is 0. The Hall–Kier alpha value is -2.61. The monoisotopic (exact) mass is 290 g/mol. The number of rotatable bonds is 2. The van der Waals surface area contributed by atoms with Gasteiger partial charge >= 0.3 is 0 Å². The molecule has 110 valence electrons. The summed E-state index contributed by atoms with van der Waals surface area (Å²) in [5.41, 5.74) is 3.74. The number of allylic oxidation sites excluding steroid dienone is 2. The van der Waals surface area contributed by atoms with Crippen LogP contribution >= 0.6 is 0 Å². The Morgan fingerprint density at radius 2 is 1.32 bits per heavy atom. The fraction of sp³-hybridized carbons (Fsp3) is 0.150. The van der Waals surface area contributed by atoms with E-state index in [1.165, 1.54) is 0 Å². The molecule has 1 fully saturated rings. The lowest BCUT2D eigenvalue weighted by atomic mass is 9.87. The van der Waals surface area contributed by atoms with E-state index in [1.807, 2.05) is 54.6 Å². The molecule has 0 radical (unpaired) electrons. The first-order valence-electron chi connectivity index (χ1n) is 7.52. The first kappa shape index (κ1) is 14.3. The molecule has 1 aliphatic carbocycles. The van der Waals surface area contributed by atoms with E-state index < -0.39 is 0 Å². The molecule has 0 amide bonds. The molecule has 0 aliphatic heterocycles. The van der Waals surface area contributed by atoms with Crippen LogP contribution in [0.2, 0.25) is 0 Å². The van der Waals surface area contributed by atoms with Crippen LogP contribution in [0, 0.1) is 0 Å². The van der Waals surface area contributed by atoms with Gasteiger partial charge in [-0.2, -0.15) is 0 Å². The summed E-state index contributed by atoms with van der Waals surface area (Å²) in [5, 5.41) is 9.32. The van der Waals surface area contributed by atoms with Gasteiger partial charge in [-0.1, -0.05) is 42.5 Å². The highest BCUT2D eigenvalue weighted by molar-refractivity contribution is 6.13. The average molecular weight is 290 g/mol. The van der Waals surface area contributed by atoms with Crippen molar-refractivity contribution in [3.63, 3.8) is 0 Å². The van der Waals surface area contributed by atoms with Gasteiger partial charge in [0.05, 0.1) is 0 Å². The van der Waals surface area contributed by atoms with Gasteiger partial charge in [-0.3, -0.25) is 4.79 Å². The molecule has 0 atom stereocenters. The van der Waals surface area contributed by atoms with E-state index in [-0.39, 0.29) is 11.5 Å². The summed E-state index contributed by atoms with van der Waals surface area (Å²) in [6.45, 7) is 0. The number of carbonyl (C=O) groups is 1. The summed E-state index contributed by atoms with van der Waals surface area (Å²) in [7, 11) is 0. The van der Waals surface area contributed by atoms with Crippen LogP contribution in [0.1, 0.15) is 30.4 Å². The van der Waals surface area contributed by atoms with Crippen molar-refractivity contribution in [2.24, 2.45) is 0 Å². The number of hydrogen-bond donors (Lipinski definition) is 1. The number of phenolic OH excluding ortho intramolecular Hbond substituents is 1. The normalized spacial score (nSPS) is 18.8. The number of carbonyl (C=O) groups excluding carboxylic acids is 1. The maximum absolute atomic E-state index is 12.6. The minimum absolute atomic E-state index is 0.142. The first-order valence-corrected chi connectivity index (χ1v) is 7.52. The Balaban J connectivity index is 1.87. The Morgan fingerprint density at radius 1 is 0.773 bits per heavy atom. The number of benzene rings is 2. The molecule has 0 saturated heterocycles. The topological polar surface area (TPSA) is 37.3 Å². The summed E-state index contributed by atoms with van der Waals surface area (Å²) < 4.78 is 0. The third-order valence-electron chi connectivity index (χ3n) is 3.85. The van der Waals surface area contributed by atoms with E-state index in [9.17, 15) is 9.90 Å². The first-order chi connectivity index (χ1) is 10.7. The molecule has 2 aromatic carbocycles. The fourth-order valence-electron chi connectivity index (χ4n) is 2.70. The third-order valence-corrected chi connectivity index (χ3v) is 3.85. The van der Waals surface area contributed by atoms with Gasteiger partial charge in [0.2, 0.25) is 0 Å². The second kappa shape index (κ2) is 6.44. The molecular formula is C20H18O2. The van der Waals surface area contributed by atoms with Crippen LogP contribution in [0.4, 0.5) is 0 Å². The zero-order valence-electron chi connectivity index (χ0n) is 12.3. The second-order valence-electron chi connectivity index (χ2n) is 5.52. The molecule has 1 aliphatic rings. The van der Waals surface area contributed by atoms with Gasteiger partial charge in [-0.15, -0.1) is 0 Å². The highest BCUT2D eigenvalue weighted by Crippen LogP contribution is 2.28. The van der Waals surface area contributed by atoms with E-state index in [2.05, 4.69) is 0 Å². The van der Waals surface area contributed by atoms with Crippen molar-refractivity contribution in [3.8, 4) is 5.75 Å². The van der Waals surface area contributed by atoms with Crippen molar-refractivity contribution in [1.29, 1.82) is 0 Å². The summed E-state index contributed by atoms with van der Waals surface area (Å²) in [6.07, 6.45) is 6.56. The van der Waals surface area contributed by atoms with Crippen LogP contribution in [0.5, 0.6) is 5.75 Å². The lowest BCUT2D eigenvalue weighted by Crippen LogP contribution is -2.12. The Morgan fingerprint density at radius 3 is 1.91 bits per heavy atom. The molecule has 2 aromatic rings. The number of ketones is 1. The van der Waals surface area contributed by atoms with Crippen molar-refractivity contribution >= 4 is 17.9 Å². The molecule has 2 nitrogen and oxygen atoms in total. The number of hydrogen-bond acceptors (Lipinski definition) is 2. The van der Waals surface area contributed by atoms with Gasteiger partial charge < -0.3 is 5.11 Å². The highest BCUT2D eigenvalue weighted by atomic mass is 16.3. The van der Waals surface area contributed by atoms with Gasteiger partial charge in [0.15, 0.2) is 5.78 Å². The van der Waals surface area contributed by atoms with E-state index in [4.69, 9.17) is 0 Å². The zero-order chi connectivity index (χ0) is 15.4. The van der Waals surface area contributed by atoms with Gasteiger partial charge in [0.1, 0.15) is 5.75 Å². The lowest BCUT2D eigenvalue weighted by molar-refractivity contribution is -0.112. The van der Waals surface area contributed by atoms with Gasteiger partial charge in [0, 0.05) is 11.1 Å². The SMILES string of the molecule is O=C1/C(=C\c2ccccc2)CCC/C1=C/c1ccc(O)cc1. The molecule has 1 N–H and O–H groups in total. The van der Waals surface area contributed by atoms with Gasteiger partial charge in [-0.05, 0) is 54.7 Å². The molecule has 0 bridgehead atoms. The lowest BCUT2D eigenvalue weighted by Gasteiger charge is -2.16. The smallest absolute Gasteiger partial charge is 0.185 e. The van der Waals surface area contributed by atoms with Gasteiger partial charge in [-0.25, -0.2) is 0 Å². The predicted molar refractivity (Wildman–Crippen MR) is 89.4 cm³/mol. The molecule has 22 heavy (non-hydrogen) atoms. The molecular weight excluding hydrogens is 272 g/mol. The van der Waals surface area contributed by atoms with Crippen molar-refractivity contribution in [2.45, 2.75) is 19.3 Å². The molecule has 3 rings (SSSR count). The Labute approximate surface area is 130 Å². The molecule has 0 unspecified atom stereocenters. The molecule has 2 heteroatoms. The van der Waals surface area contributed by atoms with Crippen LogP contribution in [-0.4, -0.2) is 10.9 Å². The predicted octanol–water partition coefficient (Wildman–Crippen LogP) is 4.61. The number of Topliss-reactive ketones (excluding diaryl/α,β-unsaturated/α-hetero) is 1. The van der Waals surface area contributed by atoms with Crippen LogP contribution < -0.4 is 0 Å². The van der Waals surface area contributed by atoms with E-state index in [0.29, 0.717) is 0 Å². The third kappa shape index (κ3) is 3.34. The van der Waals surface area contributed by atoms with E-state index in [0.717, 1.165) is 41.5 Å². The number of aromatic hydroxyl groups is 1. The van der Waals surface area contributed by atoms with Crippen molar-refractivity contribution < 1.29 is 9.90 Å². The highest BCUT2D eigenvalue weighted by Gasteiger charge is 2.20. The maximum atomic E-state index is 12.6. The largest absolute Gasteiger partial charge is 0.508 e. The molecule has 0 aromatic heterocycles. The zero-order valence-corrected chi connectivity index (χ0v) is 12.3. The Bertz CT molecular complexity index is 722. The van der Waals surface area contributed by atoms with Crippen molar-refractivity contribution in [1.82, 2.24) is 0 Å². The minimum Gasteiger partial charge on any atom is -0.508 e. The second-order valence-corrected chi connectivity index (χ2v) is 5.52. The molecule has 0 heterocycles. The quantitative estimate of drug-likeness (QED) is 0.820. The van der Waals surface area contributed by atoms with Crippen LogP contribution in [0.15, 0.2) is 65.7 Å². The number of phenols is 1. The van der Waals surface area contributed by atoms with Gasteiger partial charge in [0.25, 0.3) is 0 Å². The van der Waals surface area contributed by atoms with Crippen LogP contribution in [0.3, 0.4) is 0 Å². The van der Waals surface area contributed by atoms with Crippen molar-refractivity contribution in [2.75, 3.05) is 0 Å².